The first kappa shape index (κ1) is 13.9. The molecule has 0 aliphatic carbocycles. The van der Waals surface area contributed by atoms with Crippen molar-refractivity contribution < 1.29 is 5.11 Å². The number of tetrazole rings is 1. The van der Waals surface area contributed by atoms with Gasteiger partial charge in [-0.05, 0) is 28.8 Å². The van der Waals surface area contributed by atoms with Crippen LogP contribution in [0.2, 0.25) is 0 Å². The largest absolute Gasteiger partial charge is 0.387 e. The van der Waals surface area contributed by atoms with Gasteiger partial charge in [-0.1, -0.05) is 26.8 Å². The molecule has 6 heteroatoms. The van der Waals surface area contributed by atoms with Gasteiger partial charge in [0.25, 0.3) is 0 Å². The summed E-state index contributed by atoms with van der Waals surface area (Å²) in [5, 5.41) is 24.8. The average molecular weight is 263 g/mol. The van der Waals surface area contributed by atoms with Crippen LogP contribution >= 0.6 is 0 Å². The highest BCUT2D eigenvalue weighted by molar-refractivity contribution is 5.36. The molecule has 0 aliphatic rings. The minimum atomic E-state index is -0.571. The summed E-state index contributed by atoms with van der Waals surface area (Å²) in [7, 11) is 0. The molecule has 0 bridgehead atoms. The Morgan fingerprint density at radius 1 is 1.37 bits per heavy atom. The fourth-order valence-electron chi connectivity index (χ4n) is 1.67. The van der Waals surface area contributed by atoms with Gasteiger partial charge in [-0.2, -0.15) is 0 Å². The smallest absolute Gasteiger partial charge is 0.179 e. The summed E-state index contributed by atoms with van der Waals surface area (Å²) in [5.74, 6) is 0. The zero-order chi connectivity index (χ0) is 14.0. The van der Waals surface area contributed by atoms with E-state index in [2.05, 4.69) is 48.5 Å². The molecule has 0 fully saturated rings. The van der Waals surface area contributed by atoms with Gasteiger partial charge in [0.15, 0.2) is 5.65 Å². The highest BCUT2D eigenvalue weighted by Crippen LogP contribution is 2.19. The molecule has 0 aromatic carbocycles. The molecule has 0 radical (unpaired) electrons. The molecule has 0 amide bonds. The van der Waals surface area contributed by atoms with E-state index in [-0.39, 0.29) is 5.41 Å². The number of hydrogen-bond donors (Lipinski definition) is 2. The highest BCUT2D eigenvalue weighted by atomic mass is 16.3. The molecule has 19 heavy (non-hydrogen) atoms. The molecule has 104 valence electrons. The van der Waals surface area contributed by atoms with Crippen LogP contribution < -0.4 is 5.32 Å². The Hall–Kier alpha value is -1.53. The Bertz CT molecular complexity index is 545. The van der Waals surface area contributed by atoms with E-state index in [9.17, 15) is 5.11 Å². The van der Waals surface area contributed by atoms with Gasteiger partial charge < -0.3 is 10.4 Å². The minimum Gasteiger partial charge on any atom is -0.387 e. The Kier molecular flexibility index (Phi) is 3.82. The van der Waals surface area contributed by atoms with E-state index in [0.717, 1.165) is 5.56 Å². The summed E-state index contributed by atoms with van der Waals surface area (Å²) in [4.78, 5) is 0. The summed E-state index contributed by atoms with van der Waals surface area (Å²) in [6.45, 7) is 9.14. The maximum absolute atomic E-state index is 10.2. The fraction of sp³-hybridized carbons (Fsp3) is 0.615. The lowest BCUT2D eigenvalue weighted by Crippen LogP contribution is -2.39. The van der Waals surface area contributed by atoms with Crippen molar-refractivity contribution in [3.63, 3.8) is 0 Å². The second-order valence-electron chi connectivity index (χ2n) is 5.96. The van der Waals surface area contributed by atoms with E-state index in [1.807, 2.05) is 6.07 Å². The number of hydrogen-bond acceptors (Lipinski definition) is 5. The second kappa shape index (κ2) is 5.22. The molecule has 2 heterocycles. The highest BCUT2D eigenvalue weighted by Gasteiger charge is 2.20. The van der Waals surface area contributed by atoms with Gasteiger partial charge in [0, 0.05) is 24.3 Å². The SMILES string of the molecule is C[C@@H](NC[C@H](O)c1ccc2nnnn2c1)C(C)(C)C. The standard InChI is InChI=1S/C13H21N5O/c1-9(13(2,3)4)14-7-11(19)10-5-6-12-15-16-17-18(12)8-10/h5-6,8-9,11,14,19H,7H2,1-4H3/t9-,11+/m1/s1. The molecular formula is C13H21N5O. The van der Waals surface area contributed by atoms with Crippen molar-refractivity contribution in [1.82, 2.24) is 25.4 Å². The normalized spacial score (nSPS) is 15.6. The molecule has 0 saturated heterocycles. The first-order valence-corrected chi connectivity index (χ1v) is 6.47. The van der Waals surface area contributed by atoms with Crippen LogP contribution in [0.3, 0.4) is 0 Å². The topological polar surface area (TPSA) is 75.3 Å². The molecule has 2 rings (SSSR count). The van der Waals surface area contributed by atoms with Gasteiger partial charge in [0.05, 0.1) is 6.10 Å². The number of rotatable bonds is 4. The average Bonchev–Trinajstić information content (AvgIpc) is 2.81. The molecular weight excluding hydrogens is 242 g/mol. The summed E-state index contributed by atoms with van der Waals surface area (Å²) in [6.07, 6.45) is 1.18. The minimum absolute atomic E-state index is 0.166. The summed E-state index contributed by atoms with van der Waals surface area (Å²) in [5.41, 5.74) is 1.64. The van der Waals surface area contributed by atoms with Crippen LogP contribution in [-0.2, 0) is 0 Å². The number of nitrogens with zero attached hydrogens (tertiary/aromatic N) is 4. The van der Waals surface area contributed by atoms with Crippen LogP contribution in [0.4, 0.5) is 0 Å². The van der Waals surface area contributed by atoms with Gasteiger partial charge in [0.1, 0.15) is 0 Å². The van der Waals surface area contributed by atoms with E-state index >= 15 is 0 Å². The summed E-state index contributed by atoms with van der Waals surface area (Å²) < 4.78 is 1.56. The lowest BCUT2D eigenvalue weighted by molar-refractivity contribution is 0.157. The molecule has 0 unspecified atom stereocenters. The van der Waals surface area contributed by atoms with Gasteiger partial charge in [-0.25, -0.2) is 4.52 Å². The van der Waals surface area contributed by atoms with E-state index < -0.39 is 6.10 Å². The van der Waals surface area contributed by atoms with Crippen LogP contribution in [0.25, 0.3) is 5.65 Å². The fourth-order valence-corrected chi connectivity index (χ4v) is 1.67. The second-order valence-corrected chi connectivity index (χ2v) is 5.96. The van der Waals surface area contributed by atoms with Crippen molar-refractivity contribution in [2.24, 2.45) is 5.41 Å². The molecule has 6 nitrogen and oxygen atoms in total. The van der Waals surface area contributed by atoms with Gasteiger partial charge in [0.2, 0.25) is 0 Å². The molecule has 2 aromatic rings. The van der Waals surface area contributed by atoms with Crippen molar-refractivity contribution in [1.29, 1.82) is 0 Å². The zero-order valence-electron chi connectivity index (χ0n) is 11.8. The monoisotopic (exact) mass is 263 g/mol. The number of aromatic nitrogens is 4. The maximum Gasteiger partial charge on any atom is 0.179 e. The number of pyridine rings is 1. The quantitative estimate of drug-likeness (QED) is 0.866. The van der Waals surface area contributed by atoms with E-state index in [0.29, 0.717) is 18.2 Å². The molecule has 0 spiro atoms. The van der Waals surface area contributed by atoms with Crippen molar-refractivity contribution >= 4 is 5.65 Å². The van der Waals surface area contributed by atoms with Gasteiger partial charge in [-0.15, -0.1) is 5.10 Å². The third-order valence-electron chi connectivity index (χ3n) is 3.52. The molecule has 2 atom stereocenters. The number of aliphatic hydroxyl groups excluding tert-OH is 1. The predicted octanol–water partition coefficient (Wildman–Crippen LogP) is 1.18. The first-order valence-electron chi connectivity index (χ1n) is 6.47. The lowest BCUT2D eigenvalue weighted by atomic mass is 9.88. The predicted molar refractivity (Wildman–Crippen MR) is 72.7 cm³/mol. The first-order chi connectivity index (χ1) is 8.88. The number of aliphatic hydroxyl groups is 1. The summed E-state index contributed by atoms with van der Waals surface area (Å²) in [6, 6.07) is 3.96. The maximum atomic E-state index is 10.2. The van der Waals surface area contributed by atoms with Crippen molar-refractivity contribution in [2.45, 2.75) is 39.8 Å². The van der Waals surface area contributed by atoms with Crippen LogP contribution in [0.1, 0.15) is 39.4 Å². The molecule has 2 aromatic heterocycles. The van der Waals surface area contributed by atoms with E-state index in [1.165, 1.54) is 0 Å². The third kappa shape index (κ3) is 3.27. The van der Waals surface area contributed by atoms with E-state index in [1.54, 1.807) is 16.8 Å². The lowest BCUT2D eigenvalue weighted by Gasteiger charge is -2.29. The Morgan fingerprint density at radius 2 is 2.11 bits per heavy atom. The van der Waals surface area contributed by atoms with Crippen molar-refractivity contribution in [2.75, 3.05) is 6.54 Å². The van der Waals surface area contributed by atoms with Crippen molar-refractivity contribution in [3.05, 3.63) is 23.9 Å². The molecule has 0 saturated carbocycles. The zero-order valence-corrected chi connectivity index (χ0v) is 11.8. The van der Waals surface area contributed by atoms with Crippen LogP contribution in [0.5, 0.6) is 0 Å². The molecule has 0 aliphatic heterocycles. The number of fused-ring (bicyclic) bond motifs is 1. The van der Waals surface area contributed by atoms with Crippen LogP contribution in [0, 0.1) is 5.41 Å². The number of nitrogens with one attached hydrogen (secondary N) is 1. The van der Waals surface area contributed by atoms with Crippen LogP contribution in [0.15, 0.2) is 18.3 Å². The summed E-state index contributed by atoms with van der Waals surface area (Å²) >= 11 is 0. The third-order valence-corrected chi connectivity index (χ3v) is 3.52. The van der Waals surface area contributed by atoms with Gasteiger partial charge in [-0.3, -0.25) is 0 Å². The van der Waals surface area contributed by atoms with Crippen molar-refractivity contribution in [3.8, 4) is 0 Å². The Balaban J connectivity index is 2.01. The molecule has 2 N–H and O–H groups in total. The Labute approximate surface area is 112 Å². The Morgan fingerprint density at radius 3 is 2.79 bits per heavy atom. The van der Waals surface area contributed by atoms with E-state index in [4.69, 9.17) is 0 Å². The van der Waals surface area contributed by atoms with Gasteiger partial charge >= 0.3 is 0 Å². The van der Waals surface area contributed by atoms with Crippen LogP contribution in [-0.4, -0.2) is 37.7 Å².